The Morgan fingerprint density at radius 3 is 2.73 bits per heavy atom. The zero-order chi connectivity index (χ0) is 16.1. The summed E-state index contributed by atoms with van der Waals surface area (Å²) in [5.74, 6) is -0.445. The lowest BCUT2D eigenvalue weighted by molar-refractivity contribution is -0.138. The molecule has 0 aliphatic heterocycles. The Bertz CT molecular complexity index is 678. The number of carbonyl (C=O) groups excluding carboxylic acids is 1. The van der Waals surface area contributed by atoms with Crippen LogP contribution in [0.5, 0.6) is 0 Å². The molecule has 0 aliphatic carbocycles. The maximum atomic E-state index is 11.7. The molecule has 22 heavy (non-hydrogen) atoms. The first-order chi connectivity index (χ1) is 10.5. The third-order valence-corrected chi connectivity index (χ3v) is 3.38. The van der Waals surface area contributed by atoms with Gasteiger partial charge in [0.2, 0.25) is 5.91 Å². The lowest BCUT2D eigenvalue weighted by Crippen LogP contribution is -2.37. The van der Waals surface area contributed by atoms with Gasteiger partial charge in [0, 0.05) is 23.9 Å². The van der Waals surface area contributed by atoms with Crippen molar-refractivity contribution in [3.63, 3.8) is 0 Å². The van der Waals surface area contributed by atoms with Gasteiger partial charge in [0.25, 0.3) is 0 Å². The number of amides is 1. The van der Waals surface area contributed by atoms with Crippen molar-refractivity contribution in [2.24, 2.45) is 0 Å². The van der Waals surface area contributed by atoms with E-state index in [4.69, 9.17) is 9.52 Å². The van der Waals surface area contributed by atoms with E-state index in [-0.39, 0.29) is 19.0 Å². The van der Waals surface area contributed by atoms with E-state index in [1.807, 2.05) is 43.1 Å². The Balaban J connectivity index is 2.06. The van der Waals surface area contributed by atoms with Crippen LogP contribution in [-0.4, -0.2) is 42.0 Å². The first-order valence-electron chi connectivity index (χ1n) is 7.17. The van der Waals surface area contributed by atoms with E-state index in [2.05, 4.69) is 5.32 Å². The van der Waals surface area contributed by atoms with Crippen LogP contribution in [-0.2, 0) is 22.6 Å². The summed E-state index contributed by atoms with van der Waals surface area (Å²) >= 11 is 0. The van der Waals surface area contributed by atoms with Crippen molar-refractivity contribution in [1.82, 2.24) is 10.2 Å². The maximum Gasteiger partial charge on any atom is 0.322 e. The summed E-state index contributed by atoms with van der Waals surface area (Å²) in [6.45, 7) is 2.37. The van der Waals surface area contributed by atoms with Crippen LogP contribution in [0.2, 0.25) is 0 Å². The second-order valence-corrected chi connectivity index (χ2v) is 5.20. The van der Waals surface area contributed by atoms with E-state index in [9.17, 15) is 9.59 Å². The number of hydrogen-bond donors (Lipinski definition) is 2. The molecule has 0 spiro atoms. The van der Waals surface area contributed by atoms with Gasteiger partial charge in [0.15, 0.2) is 0 Å². The number of hydrogen-bond acceptors (Lipinski definition) is 4. The molecule has 1 amide bonds. The van der Waals surface area contributed by atoms with Crippen LogP contribution in [0.25, 0.3) is 11.0 Å². The quantitative estimate of drug-likeness (QED) is 0.812. The van der Waals surface area contributed by atoms with Crippen LogP contribution >= 0.6 is 0 Å². The fraction of sp³-hybridized carbons (Fsp3) is 0.375. The number of furan rings is 1. The fourth-order valence-electron chi connectivity index (χ4n) is 2.41. The molecule has 1 heterocycles. The number of carbonyl (C=O) groups is 2. The molecule has 0 atom stereocenters. The number of benzene rings is 1. The van der Waals surface area contributed by atoms with Gasteiger partial charge in [-0.3, -0.25) is 14.5 Å². The third kappa shape index (κ3) is 3.85. The Hall–Kier alpha value is -2.34. The molecule has 6 heteroatoms. The van der Waals surface area contributed by atoms with Crippen LogP contribution in [0.3, 0.4) is 0 Å². The minimum Gasteiger partial charge on any atom is -0.480 e. The number of nitrogens with zero attached hydrogens (tertiary/aromatic N) is 1. The highest BCUT2D eigenvalue weighted by molar-refractivity contribution is 5.83. The molecule has 0 unspecified atom stereocenters. The van der Waals surface area contributed by atoms with Crippen molar-refractivity contribution >= 4 is 22.8 Å². The predicted octanol–water partition coefficient (Wildman–Crippen LogP) is 1.63. The number of carboxylic acid groups (broad SMARTS) is 1. The standard InChI is InChI=1S/C16H20N2O4/c1-3-13-12(11-6-4-5-7-14(11)22-13)9-18(2)10-15(19)17-8-16(20)21/h4-7H,3,8-10H2,1-2H3,(H,17,19)(H,20,21). The Kier molecular flexibility index (Phi) is 5.16. The average molecular weight is 304 g/mol. The third-order valence-electron chi connectivity index (χ3n) is 3.38. The summed E-state index contributed by atoms with van der Waals surface area (Å²) < 4.78 is 5.83. The molecule has 1 aromatic carbocycles. The monoisotopic (exact) mass is 304 g/mol. The van der Waals surface area contributed by atoms with Crippen LogP contribution in [0.1, 0.15) is 18.2 Å². The van der Waals surface area contributed by atoms with Crippen molar-refractivity contribution in [1.29, 1.82) is 0 Å². The number of para-hydroxylation sites is 1. The van der Waals surface area contributed by atoms with Gasteiger partial charge in [0.05, 0.1) is 6.54 Å². The highest BCUT2D eigenvalue weighted by Crippen LogP contribution is 2.27. The molecule has 0 aliphatic rings. The summed E-state index contributed by atoms with van der Waals surface area (Å²) in [5.41, 5.74) is 1.92. The van der Waals surface area contributed by atoms with E-state index in [1.54, 1.807) is 0 Å². The molecule has 118 valence electrons. The van der Waals surface area contributed by atoms with Crippen molar-refractivity contribution in [2.45, 2.75) is 19.9 Å². The van der Waals surface area contributed by atoms with E-state index in [1.165, 1.54) is 0 Å². The van der Waals surface area contributed by atoms with Gasteiger partial charge >= 0.3 is 5.97 Å². The zero-order valence-electron chi connectivity index (χ0n) is 12.8. The molecular weight excluding hydrogens is 284 g/mol. The molecule has 6 nitrogen and oxygen atoms in total. The lowest BCUT2D eigenvalue weighted by atomic mass is 10.1. The fourth-order valence-corrected chi connectivity index (χ4v) is 2.41. The normalized spacial score (nSPS) is 11.0. The molecule has 0 saturated heterocycles. The van der Waals surface area contributed by atoms with Gasteiger partial charge in [-0.1, -0.05) is 25.1 Å². The zero-order valence-corrected chi connectivity index (χ0v) is 12.8. The largest absolute Gasteiger partial charge is 0.480 e. The van der Waals surface area contributed by atoms with E-state index in [0.29, 0.717) is 6.54 Å². The summed E-state index contributed by atoms with van der Waals surface area (Å²) in [4.78, 5) is 23.9. The average Bonchev–Trinajstić information content (AvgIpc) is 2.83. The minimum atomic E-state index is -1.05. The smallest absolute Gasteiger partial charge is 0.322 e. The van der Waals surface area contributed by atoms with Gasteiger partial charge in [0.1, 0.15) is 17.9 Å². The van der Waals surface area contributed by atoms with E-state index >= 15 is 0 Å². The number of fused-ring (bicyclic) bond motifs is 1. The number of carboxylic acids is 1. The molecular formula is C16H20N2O4. The van der Waals surface area contributed by atoms with Crippen LogP contribution in [0, 0.1) is 0 Å². The van der Waals surface area contributed by atoms with Crippen molar-refractivity contribution in [2.75, 3.05) is 20.1 Å². The highest BCUT2D eigenvalue weighted by Gasteiger charge is 2.15. The molecule has 2 rings (SSSR count). The maximum absolute atomic E-state index is 11.7. The van der Waals surface area contributed by atoms with Crippen LogP contribution < -0.4 is 5.32 Å². The van der Waals surface area contributed by atoms with Gasteiger partial charge in [-0.15, -0.1) is 0 Å². The number of aliphatic carboxylic acids is 1. The molecule has 0 radical (unpaired) electrons. The number of nitrogens with one attached hydrogen (secondary N) is 1. The molecule has 0 saturated carbocycles. The predicted molar refractivity (Wildman–Crippen MR) is 82.6 cm³/mol. The van der Waals surface area contributed by atoms with E-state index in [0.717, 1.165) is 28.7 Å². The molecule has 2 aromatic rings. The molecule has 0 bridgehead atoms. The second-order valence-electron chi connectivity index (χ2n) is 5.20. The summed E-state index contributed by atoms with van der Waals surface area (Å²) in [7, 11) is 1.82. The van der Waals surface area contributed by atoms with Crippen LogP contribution in [0.15, 0.2) is 28.7 Å². The first kappa shape index (κ1) is 16.0. The van der Waals surface area contributed by atoms with Crippen molar-refractivity contribution in [3.8, 4) is 0 Å². The highest BCUT2D eigenvalue weighted by atomic mass is 16.4. The Morgan fingerprint density at radius 1 is 1.32 bits per heavy atom. The Labute approximate surface area is 128 Å². The molecule has 2 N–H and O–H groups in total. The van der Waals surface area contributed by atoms with E-state index < -0.39 is 5.97 Å². The summed E-state index contributed by atoms with van der Waals surface area (Å²) in [6, 6.07) is 7.82. The molecule has 0 fully saturated rings. The van der Waals surface area contributed by atoms with Crippen molar-refractivity contribution in [3.05, 3.63) is 35.6 Å². The SMILES string of the molecule is CCc1oc2ccccc2c1CN(C)CC(=O)NCC(=O)O. The lowest BCUT2D eigenvalue weighted by Gasteiger charge is -2.16. The second kappa shape index (κ2) is 7.09. The summed E-state index contributed by atoms with van der Waals surface area (Å²) in [6.07, 6.45) is 0.781. The van der Waals surface area contributed by atoms with Crippen LogP contribution in [0.4, 0.5) is 0 Å². The Morgan fingerprint density at radius 2 is 2.05 bits per heavy atom. The summed E-state index contributed by atoms with van der Waals surface area (Å²) in [5, 5.41) is 12.0. The van der Waals surface area contributed by atoms with Gasteiger partial charge < -0.3 is 14.8 Å². The number of rotatable bonds is 7. The topological polar surface area (TPSA) is 82.8 Å². The molecule has 1 aromatic heterocycles. The number of likely N-dealkylation sites (N-methyl/N-ethyl adjacent to an activating group) is 1. The minimum absolute atomic E-state index is 0.135. The van der Waals surface area contributed by atoms with Gasteiger partial charge in [-0.05, 0) is 13.1 Å². The van der Waals surface area contributed by atoms with Gasteiger partial charge in [-0.25, -0.2) is 0 Å². The first-order valence-corrected chi connectivity index (χ1v) is 7.17. The van der Waals surface area contributed by atoms with Crippen molar-refractivity contribution < 1.29 is 19.1 Å². The van der Waals surface area contributed by atoms with Gasteiger partial charge in [-0.2, -0.15) is 0 Å². The number of aryl methyl sites for hydroxylation is 1.